The Morgan fingerprint density at radius 2 is 1.83 bits per heavy atom. The number of hydrogen-bond donors (Lipinski definition) is 0. The van der Waals surface area contributed by atoms with Crippen molar-refractivity contribution < 1.29 is 14.3 Å². The first-order valence-corrected chi connectivity index (χ1v) is 8.17. The maximum absolute atomic E-state index is 12.3. The van der Waals surface area contributed by atoms with Crippen molar-refractivity contribution in [2.45, 2.75) is 6.92 Å². The maximum atomic E-state index is 12.3. The van der Waals surface area contributed by atoms with Crippen molar-refractivity contribution in [3.63, 3.8) is 0 Å². The summed E-state index contributed by atoms with van der Waals surface area (Å²) in [4.78, 5) is 12.3. The van der Waals surface area contributed by atoms with E-state index in [9.17, 15) is 4.79 Å². The Morgan fingerprint density at radius 3 is 2.50 bits per heavy atom. The molecule has 0 radical (unpaired) electrons. The number of esters is 1. The van der Waals surface area contributed by atoms with E-state index < -0.39 is 0 Å². The molecule has 0 fully saturated rings. The van der Waals surface area contributed by atoms with Gasteiger partial charge in [0.05, 0.1) is 12.7 Å². The first-order valence-electron chi connectivity index (χ1n) is 7.37. The van der Waals surface area contributed by atoms with Crippen LogP contribution in [0.25, 0.3) is 5.69 Å². The standard InChI is InChI=1S/C19H16BrNO3/c1-13-11-15(20)3-8-18(13)24-19(22)14-9-10-21(12-14)16-4-6-17(23-2)7-5-16/h3-12H,1-2H3. The molecule has 0 aliphatic carbocycles. The highest BCUT2D eigenvalue weighted by atomic mass is 79.9. The quantitative estimate of drug-likeness (QED) is 0.479. The molecule has 0 N–H and O–H groups in total. The summed E-state index contributed by atoms with van der Waals surface area (Å²) >= 11 is 3.39. The normalized spacial score (nSPS) is 10.5. The Labute approximate surface area is 148 Å². The molecule has 3 aromatic rings. The van der Waals surface area contributed by atoms with Crippen molar-refractivity contribution in [3.8, 4) is 17.2 Å². The van der Waals surface area contributed by atoms with E-state index in [-0.39, 0.29) is 5.97 Å². The van der Waals surface area contributed by atoms with Crippen LogP contribution < -0.4 is 9.47 Å². The Bertz CT molecular complexity index is 869. The van der Waals surface area contributed by atoms with Crippen LogP contribution in [-0.4, -0.2) is 17.6 Å². The summed E-state index contributed by atoms with van der Waals surface area (Å²) < 4.78 is 13.4. The van der Waals surface area contributed by atoms with Gasteiger partial charge in [0.2, 0.25) is 0 Å². The molecule has 1 aromatic heterocycles. The number of rotatable bonds is 4. The summed E-state index contributed by atoms with van der Waals surface area (Å²) in [7, 11) is 1.63. The lowest BCUT2D eigenvalue weighted by molar-refractivity contribution is 0.0733. The minimum atomic E-state index is -0.382. The number of halogens is 1. The third-order valence-electron chi connectivity index (χ3n) is 3.64. The highest BCUT2D eigenvalue weighted by Gasteiger charge is 2.12. The lowest BCUT2D eigenvalue weighted by Gasteiger charge is -2.07. The van der Waals surface area contributed by atoms with Gasteiger partial charge in [0, 0.05) is 22.6 Å². The predicted molar refractivity (Wildman–Crippen MR) is 96.2 cm³/mol. The highest BCUT2D eigenvalue weighted by molar-refractivity contribution is 9.10. The van der Waals surface area contributed by atoms with Gasteiger partial charge < -0.3 is 14.0 Å². The lowest BCUT2D eigenvalue weighted by Crippen LogP contribution is -2.08. The van der Waals surface area contributed by atoms with Crippen LogP contribution in [0, 0.1) is 6.92 Å². The van der Waals surface area contributed by atoms with Gasteiger partial charge in [-0.3, -0.25) is 0 Å². The molecular formula is C19H16BrNO3. The summed E-state index contributed by atoms with van der Waals surface area (Å²) in [6.45, 7) is 1.90. The molecule has 0 saturated heterocycles. The number of benzene rings is 2. The van der Waals surface area contributed by atoms with Crippen LogP contribution in [0.2, 0.25) is 0 Å². The minimum absolute atomic E-state index is 0.382. The molecule has 0 saturated carbocycles. The SMILES string of the molecule is COc1ccc(-n2ccc(C(=O)Oc3ccc(Br)cc3C)c2)cc1. The van der Waals surface area contributed by atoms with Gasteiger partial charge in [0.15, 0.2) is 0 Å². The summed E-state index contributed by atoms with van der Waals surface area (Å²) in [6.07, 6.45) is 3.57. The van der Waals surface area contributed by atoms with Crippen LogP contribution in [-0.2, 0) is 0 Å². The van der Waals surface area contributed by atoms with Crippen molar-refractivity contribution in [1.82, 2.24) is 4.57 Å². The van der Waals surface area contributed by atoms with E-state index in [1.165, 1.54) is 0 Å². The van der Waals surface area contributed by atoms with E-state index >= 15 is 0 Å². The molecule has 0 bridgehead atoms. The first-order chi connectivity index (χ1) is 11.6. The van der Waals surface area contributed by atoms with E-state index in [1.54, 1.807) is 25.4 Å². The zero-order valence-electron chi connectivity index (χ0n) is 13.3. The first kappa shape index (κ1) is 16.3. The summed E-state index contributed by atoms with van der Waals surface area (Å²) in [5.41, 5.74) is 2.33. The molecule has 0 atom stereocenters. The second kappa shape index (κ2) is 6.93. The molecule has 122 valence electrons. The summed E-state index contributed by atoms with van der Waals surface area (Å²) in [5.74, 6) is 0.962. The Hall–Kier alpha value is -2.53. The van der Waals surface area contributed by atoms with Gasteiger partial charge in [-0.1, -0.05) is 15.9 Å². The lowest BCUT2D eigenvalue weighted by atomic mass is 10.2. The second-order valence-electron chi connectivity index (χ2n) is 5.30. The van der Waals surface area contributed by atoms with E-state index in [0.717, 1.165) is 21.5 Å². The molecule has 0 aliphatic rings. The zero-order valence-corrected chi connectivity index (χ0v) is 14.9. The van der Waals surface area contributed by atoms with Crippen LogP contribution in [0.4, 0.5) is 0 Å². The molecule has 3 rings (SSSR count). The van der Waals surface area contributed by atoms with Crippen LogP contribution >= 0.6 is 15.9 Å². The van der Waals surface area contributed by atoms with Crippen molar-refractivity contribution in [1.29, 1.82) is 0 Å². The Morgan fingerprint density at radius 1 is 1.08 bits per heavy atom. The van der Waals surface area contributed by atoms with Crippen LogP contribution in [0.5, 0.6) is 11.5 Å². The van der Waals surface area contributed by atoms with Gasteiger partial charge >= 0.3 is 5.97 Å². The van der Waals surface area contributed by atoms with Crippen molar-refractivity contribution in [2.75, 3.05) is 7.11 Å². The number of aromatic nitrogens is 1. The average molecular weight is 386 g/mol. The minimum Gasteiger partial charge on any atom is -0.497 e. The molecule has 4 nitrogen and oxygen atoms in total. The third kappa shape index (κ3) is 3.51. The van der Waals surface area contributed by atoms with Gasteiger partial charge in [0.1, 0.15) is 11.5 Å². The molecule has 0 unspecified atom stereocenters. The van der Waals surface area contributed by atoms with Crippen molar-refractivity contribution >= 4 is 21.9 Å². The fourth-order valence-corrected chi connectivity index (χ4v) is 2.79. The smallest absolute Gasteiger partial charge is 0.345 e. The number of methoxy groups -OCH3 is 1. The second-order valence-corrected chi connectivity index (χ2v) is 6.22. The van der Waals surface area contributed by atoms with Gasteiger partial charge in [0.25, 0.3) is 0 Å². The number of carbonyl (C=O) groups excluding carboxylic acids is 1. The number of carbonyl (C=O) groups is 1. The van der Waals surface area contributed by atoms with E-state index in [2.05, 4.69) is 15.9 Å². The molecule has 0 amide bonds. The number of aryl methyl sites for hydroxylation is 1. The van der Waals surface area contributed by atoms with Crippen molar-refractivity contribution in [3.05, 3.63) is 76.5 Å². The molecule has 2 aromatic carbocycles. The fraction of sp³-hybridized carbons (Fsp3) is 0.105. The molecular weight excluding hydrogens is 370 g/mol. The molecule has 1 heterocycles. The molecule has 0 spiro atoms. The molecule has 0 aliphatic heterocycles. The number of ether oxygens (including phenoxy) is 2. The van der Waals surface area contributed by atoms with Crippen LogP contribution in [0.15, 0.2) is 65.4 Å². The van der Waals surface area contributed by atoms with E-state index in [1.807, 2.05) is 54.1 Å². The van der Waals surface area contributed by atoms with E-state index in [0.29, 0.717) is 11.3 Å². The monoisotopic (exact) mass is 385 g/mol. The third-order valence-corrected chi connectivity index (χ3v) is 4.13. The number of hydrogen-bond acceptors (Lipinski definition) is 3. The van der Waals surface area contributed by atoms with Crippen LogP contribution in [0.1, 0.15) is 15.9 Å². The summed E-state index contributed by atoms with van der Waals surface area (Å²) in [6, 6.07) is 14.9. The van der Waals surface area contributed by atoms with Gasteiger partial charge in [-0.2, -0.15) is 0 Å². The van der Waals surface area contributed by atoms with Crippen LogP contribution in [0.3, 0.4) is 0 Å². The fourth-order valence-electron chi connectivity index (χ4n) is 2.32. The largest absolute Gasteiger partial charge is 0.497 e. The average Bonchev–Trinajstić information content (AvgIpc) is 3.07. The van der Waals surface area contributed by atoms with E-state index in [4.69, 9.17) is 9.47 Å². The zero-order chi connectivity index (χ0) is 17.1. The van der Waals surface area contributed by atoms with Gasteiger partial charge in [-0.05, 0) is 61.0 Å². The van der Waals surface area contributed by atoms with Gasteiger partial charge in [-0.15, -0.1) is 0 Å². The Balaban J connectivity index is 1.77. The molecule has 5 heteroatoms. The van der Waals surface area contributed by atoms with Gasteiger partial charge in [-0.25, -0.2) is 4.79 Å². The van der Waals surface area contributed by atoms with Crippen molar-refractivity contribution in [2.24, 2.45) is 0 Å². The maximum Gasteiger partial charge on any atom is 0.345 e. The summed E-state index contributed by atoms with van der Waals surface area (Å²) in [5, 5.41) is 0. The molecule has 24 heavy (non-hydrogen) atoms. The topological polar surface area (TPSA) is 40.5 Å². The highest BCUT2D eigenvalue weighted by Crippen LogP contribution is 2.23. The number of nitrogens with zero attached hydrogens (tertiary/aromatic N) is 1. The Kier molecular flexibility index (Phi) is 4.71. The predicted octanol–water partition coefficient (Wildman–Crippen LogP) is 4.78.